The van der Waals surface area contributed by atoms with Crippen LogP contribution in [0.25, 0.3) is 0 Å². The van der Waals surface area contributed by atoms with Crippen LogP contribution in [0.5, 0.6) is 0 Å². The number of amides is 1. The van der Waals surface area contributed by atoms with Gasteiger partial charge in [0.25, 0.3) is 0 Å². The van der Waals surface area contributed by atoms with Crippen molar-refractivity contribution in [3.63, 3.8) is 0 Å². The molecule has 0 saturated carbocycles. The number of guanidine groups is 1. The fraction of sp³-hybridized carbons (Fsp3) is 0.579. The topological polar surface area (TPSA) is 82.8 Å². The number of likely N-dealkylation sites (tertiary alicyclic amines) is 1. The first-order valence-electron chi connectivity index (χ1n) is 9.42. The summed E-state index contributed by atoms with van der Waals surface area (Å²) in [5, 5.41) is 6.18. The average Bonchev–Trinajstić information content (AvgIpc) is 2.67. The highest BCUT2D eigenvalue weighted by atomic mass is 127. The number of nitrogens with one attached hydrogen (secondary N) is 2. The molecule has 0 spiro atoms. The molecule has 0 aromatic heterocycles. The fourth-order valence-corrected chi connectivity index (χ4v) is 3.26. The zero-order valence-corrected chi connectivity index (χ0v) is 18.8. The monoisotopic (exact) mass is 527 g/mol. The highest BCUT2D eigenvalue weighted by Crippen LogP contribution is 2.29. The Morgan fingerprint density at radius 1 is 1.34 bits per heavy atom. The third-order valence-corrected chi connectivity index (χ3v) is 4.79. The Balaban J connectivity index is 0.00000420. The Morgan fingerprint density at radius 3 is 2.76 bits per heavy atom. The number of carbonyl (C=O) groups excluding carboxylic acids is 1. The third kappa shape index (κ3) is 8.77. The Kier molecular flexibility index (Phi) is 10.7. The van der Waals surface area contributed by atoms with Gasteiger partial charge in [0.15, 0.2) is 5.96 Å². The lowest BCUT2D eigenvalue weighted by Crippen LogP contribution is -2.42. The standard InChI is InChI=1S/C19H28F3N5O.HI/c1-24-18(26-12-14-5-2-7-16(11-14)19(20,21)22)25-8-4-10-27-9-3-6-15(13-27)17(23)28;/h2,5,7,11,15H,3-4,6,8-10,12-13H2,1H3,(H2,23,28)(H2,24,25,26);1H. The molecule has 1 aromatic carbocycles. The molecule has 1 aliphatic heterocycles. The maximum absolute atomic E-state index is 12.8. The molecule has 164 valence electrons. The first-order chi connectivity index (χ1) is 13.3. The van der Waals surface area contributed by atoms with Crippen LogP contribution in [0, 0.1) is 5.92 Å². The number of halogens is 4. The van der Waals surface area contributed by atoms with E-state index in [1.54, 1.807) is 13.1 Å². The zero-order valence-electron chi connectivity index (χ0n) is 16.5. The number of aliphatic imine (C=N–C) groups is 1. The second-order valence-electron chi connectivity index (χ2n) is 6.95. The molecule has 4 N–H and O–H groups in total. The maximum Gasteiger partial charge on any atom is 0.416 e. The summed E-state index contributed by atoms with van der Waals surface area (Å²) >= 11 is 0. The lowest BCUT2D eigenvalue weighted by molar-refractivity contribution is -0.137. The van der Waals surface area contributed by atoms with Crippen LogP contribution in [0.2, 0.25) is 0 Å². The van der Waals surface area contributed by atoms with Crippen LogP contribution < -0.4 is 16.4 Å². The second kappa shape index (κ2) is 12.2. The number of piperidine rings is 1. The number of primary amides is 1. The molecule has 2 rings (SSSR count). The van der Waals surface area contributed by atoms with E-state index in [2.05, 4.69) is 20.5 Å². The molecule has 1 saturated heterocycles. The minimum absolute atomic E-state index is 0. The fourth-order valence-electron chi connectivity index (χ4n) is 3.26. The molecule has 1 aliphatic rings. The smallest absolute Gasteiger partial charge is 0.369 e. The molecule has 1 atom stereocenters. The summed E-state index contributed by atoms with van der Waals surface area (Å²) in [5.41, 5.74) is 5.26. The third-order valence-electron chi connectivity index (χ3n) is 4.79. The van der Waals surface area contributed by atoms with Crippen molar-refractivity contribution < 1.29 is 18.0 Å². The lowest BCUT2D eigenvalue weighted by Gasteiger charge is -2.31. The number of rotatable bonds is 7. The van der Waals surface area contributed by atoms with E-state index in [1.807, 2.05) is 0 Å². The predicted molar refractivity (Wildman–Crippen MR) is 118 cm³/mol. The summed E-state index contributed by atoms with van der Waals surface area (Å²) < 4.78 is 38.3. The van der Waals surface area contributed by atoms with E-state index < -0.39 is 11.7 Å². The van der Waals surface area contributed by atoms with Crippen LogP contribution >= 0.6 is 24.0 Å². The lowest BCUT2D eigenvalue weighted by atomic mass is 9.97. The zero-order chi connectivity index (χ0) is 20.6. The summed E-state index contributed by atoms with van der Waals surface area (Å²) in [6.45, 7) is 3.43. The number of hydrogen-bond acceptors (Lipinski definition) is 3. The van der Waals surface area contributed by atoms with Crippen LogP contribution in [0.15, 0.2) is 29.3 Å². The van der Waals surface area contributed by atoms with Crippen molar-refractivity contribution in [2.45, 2.75) is 32.0 Å². The van der Waals surface area contributed by atoms with Crippen LogP contribution in [-0.2, 0) is 17.5 Å². The van der Waals surface area contributed by atoms with Gasteiger partial charge in [0.2, 0.25) is 5.91 Å². The summed E-state index contributed by atoms with van der Waals surface area (Å²) in [6.07, 6.45) is -1.66. The molecule has 1 heterocycles. The van der Waals surface area contributed by atoms with E-state index in [9.17, 15) is 18.0 Å². The molecule has 1 fully saturated rings. The van der Waals surface area contributed by atoms with E-state index in [0.29, 0.717) is 24.6 Å². The van der Waals surface area contributed by atoms with Crippen molar-refractivity contribution in [3.8, 4) is 0 Å². The van der Waals surface area contributed by atoms with Gasteiger partial charge < -0.3 is 21.3 Å². The molecule has 0 aliphatic carbocycles. The highest BCUT2D eigenvalue weighted by molar-refractivity contribution is 14.0. The van der Waals surface area contributed by atoms with Gasteiger partial charge >= 0.3 is 6.18 Å². The Hall–Kier alpha value is -1.56. The van der Waals surface area contributed by atoms with Gasteiger partial charge in [0.1, 0.15) is 0 Å². The average molecular weight is 527 g/mol. The van der Waals surface area contributed by atoms with Crippen LogP contribution in [0.1, 0.15) is 30.4 Å². The minimum atomic E-state index is -4.35. The Bertz CT molecular complexity index is 684. The molecule has 1 unspecified atom stereocenters. The van der Waals surface area contributed by atoms with Gasteiger partial charge in [-0.3, -0.25) is 9.79 Å². The SMILES string of the molecule is CN=C(NCCCN1CCCC(C(N)=O)C1)NCc1cccc(C(F)(F)F)c1.I. The molecular weight excluding hydrogens is 498 g/mol. The Labute approximate surface area is 186 Å². The summed E-state index contributed by atoms with van der Waals surface area (Å²) in [7, 11) is 1.61. The predicted octanol–water partition coefficient (Wildman–Crippen LogP) is 2.58. The number of benzene rings is 1. The summed E-state index contributed by atoms with van der Waals surface area (Å²) in [6, 6.07) is 5.22. The molecule has 1 aromatic rings. The minimum Gasteiger partial charge on any atom is -0.369 e. The van der Waals surface area contributed by atoms with Crippen molar-refractivity contribution in [1.29, 1.82) is 0 Å². The van der Waals surface area contributed by atoms with E-state index in [4.69, 9.17) is 5.73 Å². The highest BCUT2D eigenvalue weighted by Gasteiger charge is 2.30. The maximum atomic E-state index is 12.8. The van der Waals surface area contributed by atoms with Crippen molar-refractivity contribution in [1.82, 2.24) is 15.5 Å². The van der Waals surface area contributed by atoms with Gasteiger partial charge in [-0.2, -0.15) is 13.2 Å². The van der Waals surface area contributed by atoms with Crippen molar-refractivity contribution in [2.75, 3.05) is 33.2 Å². The number of carbonyl (C=O) groups is 1. The van der Waals surface area contributed by atoms with Crippen molar-refractivity contribution >= 4 is 35.8 Å². The van der Waals surface area contributed by atoms with Crippen LogP contribution in [-0.4, -0.2) is 50.0 Å². The molecule has 6 nitrogen and oxygen atoms in total. The number of nitrogens with zero attached hydrogens (tertiary/aromatic N) is 2. The molecule has 29 heavy (non-hydrogen) atoms. The number of hydrogen-bond donors (Lipinski definition) is 3. The summed E-state index contributed by atoms with van der Waals surface area (Å²) in [5.74, 6) is 0.233. The van der Waals surface area contributed by atoms with Crippen LogP contribution in [0.3, 0.4) is 0 Å². The van der Waals surface area contributed by atoms with Crippen LogP contribution in [0.4, 0.5) is 13.2 Å². The van der Waals surface area contributed by atoms with Gasteiger partial charge in [0.05, 0.1) is 11.5 Å². The normalized spacial score (nSPS) is 18.1. The summed E-state index contributed by atoms with van der Waals surface area (Å²) in [4.78, 5) is 17.6. The molecule has 0 bridgehead atoms. The van der Waals surface area contributed by atoms with Crippen molar-refractivity contribution in [3.05, 3.63) is 35.4 Å². The van der Waals surface area contributed by atoms with Gasteiger partial charge in [-0.25, -0.2) is 0 Å². The Morgan fingerprint density at radius 2 is 2.10 bits per heavy atom. The molecule has 1 amide bonds. The van der Waals surface area contributed by atoms with E-state index >= 15 is 0 Å². The first kappa shape index (κ1) is 25.5. The van der Waals surface area contributed by atoms with Crippen molar-refractivity contribution in [2.24, 2.45) is 16.6 Å². The van der Waals surface area contributed by atoms with Gasteiger partial charge in [-0.15, -0.1) is 24.0 Å². The van der Waals surface area contributed by atoms with E-state index in [-0.39, 0.29) is 42.3 Å². The number of alkyl halides is 3. The quantitative estimate of drug-likeness (QED) is 0.221. The molecule has 10 heteroatoms. The van der Waals surface area contributed by atoms with Gasteiger partial charge in [0, 0.05) is 26.7 Å². The van der Waals surface area contributed by atoms with Gasteiger partial charge in [-0.05, 0) is 50.0 Å². The first-order valence-corrected chi connectivity index (χ1v) is 9.42. The molecule has 0 radical (unpaired) electrons. The van der Waals surface area contributed by atoms with Gasteiger partial charge in [-0.1, -0.05) is 12.1 Å². The largest absolute Gasteiger partial charge is 0.416 e. The van der Waals surface area contributed by atoms with E-state index in [0.717, 1.165) is 44.5 Å². The molecular formula is C19H29F3IN5O. The van der Waals surface area contributed by atoms with E-state index in [1.165, 1.54) is 6.07 Å². The number of nitrogens with two attached hydrogens (primary N) is 1. The second-order valence-corrected chi connectivity index (χ2v) is 6.95.